The van der Waals surface area contributed by atoms with Gasteiger partial charge in [-0.3, -0.25) is 10.1 Å². The summed E-state index contributed by atoms with van der Waals surface area (Å²) in [5, 5.41) is 16.6. The molecule has 0 aliphatic rings. The van der Waals surface area contributed by atoms with Gasteiger partial charge >= 0.3 is 5.69 Å². The molecule has 0 aliphatic heterocycles. The van der Waals surface area contributed by atoms with E-state index in [1.54, 1.807) is 0 Å². The Kier molecular flexibility index (Phi) is 4.96. The molecule has 0 unspecified atom stereocenters. The third-order valence-corrected chi connectivity index (χ3v) is 2.32. The third-order valence-electron chi connectivity index (χ3n) is 2.07. The van der Waals surface area contributed by atoms with Crippen molar-refractivity contribution < 1.29 is 9.31 Å². The van der Waals surface area contributed by atoms with Crippen molar-refractivity contribution in [3.63, 3.8) is 0 Å². The molecule has 0 saturated carbocycles. The van der Waals surface area contributed by atoms with Crippen molar-refractivity contribution >= 4 is 28.7 Å². The number of halogens is 1. The number of nitro groups is 1. The Hall–Kier alpha value is -1.76. The summed E-state index contributed by atoms with van der Waals surface area (Å²) in [4.78, 5) is 9.79. The Morgan fingerprint density at radius 1 is 1.56 bits per heavy atom. The van der Waals surface area contributed by atoms with Crippen LogP contribution < -0.4 is 10.6 Å². The fourth-order valence-corrected chi connectivity index (χ4v) is 1.40. The maximum absolute atomic E-state index is 13.1. The average molecular weight is 271 g/mol. The fraction of sp³-hybridized carbons (Fsp3) is 0.364. The molecule has 0 atom stereocenters. The van der Waals surface area contributed by atoms with Crippen molar-refractivity contribution in [3.05, 3.63) is 34.1 Å². The van der Waals surface area contributed by atoms with Gasteiger partial charge in [0.15, 0.2) is 5.11 Å². The van der Waals surface area contributed by atoms with Crippen LogP contribution in [0.5, 0.6) is 0 Å². The van der Waals surface area contributed by atoms with E-state index in [0.717, 1.165) is 12.1 Å². The number of rotatable bonds is 4. The summed E-state index contributed by atoms with van der Waals surface area (Å²) in [6.07, 6.45) is 0. The van der Waals surface area contributed by atoms with E-state index in [0.29, 0.717) is 23.3 Å². The number of nitrogens with zero attached hydrogens (tertiary/aromatic N) is 1. The molecular formula is C11H14FN3O2S. The fourth-order valence-electron chi connectivity index (χ4n) is 1.20. The first-order valence-corrected chi connectivity index (χ1v) is 5.79. The van der Waals surface area contributed by atoms with Crippen molar-refractivity contribution in [2.45, 2.75) is 13.8 Å². The highest BCUT2D eigenvalue weighted by atomic mass is 32.1. The van der Waals surface area contributed by atoms with Crippen LogP contribution in [-0.4, -0.2) is 16.6 Å². The molecule has 5 nitrogen and oxygen atoms in total. The Morgan fingerprint density at radius 3 is 2.78 bits per heavy atom. The number of hydrogen-bond donors (Lipinski definition) is 2. The van der Waals surface area contributed by atoms with Crippen LogP contribution in [-0.2, 0) is 0 Å². The zero-order chi connectivity index (χ0) is 13.7. The minimum absolute atomic E-state index is 0.351. The van der Waals surface area contributed by atoms with Crippen LogP contribution >= 0.6 is 12.2 Å². The highest BCUT2D eigenvalue weighted by Crippen LogP contribution is 2.21. The van der Waals surface area contributed by atoms with E-state index in [1.165, 1.54) is 6.07 Å². The van der Waals surface area contributed by atoms with Gasteiger partial charge in [-0.2, -0.15) is 4.39 Å². The number of nitrogens with one attached hydrogen (secondary N) is 2. The van der Waals surface area contributed by atoms with Crippen LogP contribution in [0.1, 0.15) is 13.8 Å². The first kappa shape index (κ1) is 14.3. The lowest BCUT2D eigenvalue weighted by molar-refractivity contribution is -0.387. The average Bonchev–Trinajstić information content (AvgIpc) is 2.28. The summed E-state index contributed by atoms with van der Waals surface area (Å²) >= 11 is 5.01. The molecule has 98 valence electrons. The van der Waals surface area contributed by atoms with Gasteiger partial charge in [0.1, 0.15) is 0 Å². The molecule has 0 amide bonds. The van der Waals surface area contributed by atoms with Crippen molar-refractivity contribution in [2.75, 3.05) is 11.9 Å². The molecular weight excluding hydrogens is 257 g/mol. The number of nitro benzene ring substituents is 1. The largest absolute Gasteiger partial charge is 0.362 e. The van der Waals surface area contributed by atoms with Crippen LogP contribution in [0.2, 0.25) is 0 Å². The monoisotopic (exact) mass is 271 g/mol. The molecule has 0 radical (unpaired) electrons. The SMILES string of the molecule is CC(C)CNC(=S)Nc1ccc(F)c([N+](=O)[O-])c1. The number of benzene rings is 1. The van der Waals surface area contributed by atoms with Gasteiger partial charge in [-0.1, -0.05) is 13.8 Å². The molecule has 0 heterocycles. The van der Waals surface area contributed by atoms with E-state index in [4.69, 9.17) is 12.2 Å². The summed E-state index contributed by atoms with van der Waals surface area (Å²) in [6, 6.07) is 3.54. The summed E-state index contributed by atoms with van der Waals surface area (Å²) < 4.78 is 13.1. The molecule has 0 saturated heterocycles. The molecule has 0 spiro atoms. The zero-order valence-electron chi connectivity index (χ0n) is 10.1. The topological polar surface area (TPSA) is 67.2 Å². The minimum atomic E-state index is -0.869. The molecule has 0 bridgehead atoms. The van der Waals surface area contributed by atoms with Crippen LogP contribution in [0.25, 0.3) is 0 Å². The van der Waals surface area contributed by atoms with E-state index in [-0.39, 0.29) is 0 Å². The Morgan fingerprint density at radius 2 is 2.22 bits per heavy atom. The van der Waals surface area contributed by atoms with Gasteiger partial charge in [0.05, 0.1) is 4.92 Å². The second-order valence-corrected chi connectivity index (χ2v) is 4.56. The van der Waals surface area contributed by atoms with E-state index in [2.05, 4.69) is 10.6 Å². The van der Waals surface area contributed by atoms with Crippen LogP contribution in [0, 0.1) is 21.8 Å². The smallest absolute Gasteiger partial charge is 0.306 e. The van der Waals surface area contributed by atoms with E-state index in [1.807, 2.05) is 13.8 Å². The van der Waals surface area contributed by atoms with E-state index >= 15 is 0 Å². The first-order valence-electron chi connectivity index (χ1n) is 5.39. The van der Waals surface area contributed by atoms with Crippen molar-refractivity contribution in [2.24, 2.45) is 5.92 Å². The van der Waals surface area contributed by atoms with Gasteiger partial charge < -0.3 is 10.6 Å². The standard InChI is InChI=1S/C11H14FN3O2S/c1-7(2)6-13-11(18)14-8-3-4-9(12)10(5-8)15(16)17/h3-5,7H,6H2,1-2H3,(H2,13,14,18). The molecule has 0 aromatic heterocycles. The molecule has 7 heteroatoms. The summed E-state index contributed by atoms with van der Waals surface area (Å²) in [7, 11) is 0. The summed E-state index contributed by atoms with van der Waals surface area (Å²) in [5.41, 5.74) is -0.198. The quantitative estimate of drug-likeness (QED) is 0.500. The maximum Gasteiger partial charge on any atom is 0.306 e. The molecule has 2 N–H and O–H groups in total. The van der Waals surface area contributed by atoms with Gasteiger partial charge in [0.2, 0.25) is 5.82 Å². The molecule has 1 aromatic rings. The van der Waals surface area contributed by atoms with Gasteiger partial charge in [0, 0.05) is 18.3 Å². The third kappa shape index (κ3) is 4.25. The number of thiocarbonyl (C=S) groups is 1. The predicted octanol–water partition coefficient (Wildman–Crippen LogP) is 2.68. The Balaban J connectivity index is 2.70. The van der Waals surface area contributed by atoms with Crippen LogP contribution in [0.3, 0.4) is 0 Å². The van der Waals surface area contributed by atoms with Crippen LogP contribution in [0.4, 0.5) is 15.8 Å². The van der Waals surface area contributed by atoms with Crippen molar-refractivity contribution in [3.8, 4) is 0 Å². The minimum Gasteiger partial charge on any atom is -0.362 e. The van der Waals surface area contributed by atoms with Gasteiger partial charge in [-0.05, 0) is 30.3 Å². The molecule has 18 heavy (non-hydrogen) atoms. The zero-order valence-corrected chi connectivity index (χ0v) is 10.9. The normalized spacial score (nSPS) is 10.2. The lowest BCUT2D eigenvalue weighted by Gasteiger charge is -2.12. The highest BCUT2D eigenvalue weighted by Gasteiger charge is 2.14. The van der Waals surface area contributed by atoms with Crippen molar-refractivity contribution in [1.29, 1.82) is 0 Å². The lowest BCUT2D eigenvalue weighted by Crippen LogP contribution is -2.31. The maximum atomic E-state index is 13.1. The lowest BCUT2D eigenvalue weighted by atomic mass is 10.2. The first-order chi connectivity index (χ1) is 8.40. The summed E-state index contributed by atoms with van der Waals surface area (Å²) in [5.74, 6) is -0.445. The van der Waals surface area contributed by atoms with Gasteiger partial charge in [-0.25, -0.2) is 0 Å². The summed E-state index contributed by atoms with van der Waals surface area (Å²) in [6.45, 7) is 4.74. The predicted molar refractivity (Wildman–Crippen MR) is 72.1 cm³/mol. The van der Waals surface area contributed by atoms with Gasteiger partial charge in [0.25, 0.3) is 0 Å². The Labute approximate surface area is 110 Å². The number of hydrogen-bond acceptors (Lipinski definition) is 3. The van der Waals surface area contributed by atoms with Crippen molar-refractivity contribution in [1.82, 2.24) is 5.32 Å². The van der Waals surface area contributed by atoms with E-state index in [9.17, 15) is 14.5 Å². The second kappa shape index (κ2) is 6.25. The highest BCUT2D eigenvalue weighted by molar-refractivity contribution is 7.80. The molecule has 1 rings (SSSR count). The van der Waals surface area contributed by atoms with E-state index < -0.39 is 16.4 Å². The molecule has 0 fully saturated rings. The second-order valence-electron chi connectivity index (χ2n) is 4.15. The number of anilines is 1. The molecule has 0 aliphatic carbocycles. The molecule has 1 aromatic carbocycles. The van der Waals surface area contributed by atoms with Gasteiger partial charge in [-0.15, -0.1) is 0 Å². The van der Waals surface area contributed by atoms with Crippen LogP contribution in [0.15, 0.2) is 18.2 Å². The Bertz CT molecular complexity index is 466.